The summed E-state index contributed by atoms with van der Waals surface area (Å²) in [5.74, 6) is 0.946. The van der Waals surface area contributed by atoms with Gasteiger partial charge in [0.1, 0.15) is 11.2 Å². The molecule has 3 aliphatic carbocycles. The maximum atomic E-state index is 6.73. The van der Waals surface area contributed by atoms with Crippen LogP contribution in [0.4, 0.5) is 34.1 Å². The highest BCUT2D eigenvalue weighted by Crippen LogP contribution is 2.69. The maximum Gasteiger partial charge on any atom is 0.137 e. The molecule has 0 amide bonds. The van der Waals surface area contributed by atoms with E-state index in [-0.39, 0.29) is 5.41 Å². The van der Waals surface area contributed by atoms with Gasteiger partial charge in [0.05, 0.1) is 17.1 Å². The van der Waals surface area contributed by atoms with E-state index in [9.17, 15) is 0 Å². The maximum absolute atomic E-state index is 6.73. The minimum Gasteiger partial charge on any atom is -0.456 e. The van der Waals surface area contributed by atoms with E-state index >= 15 is 0 Å². The Morgan fingerprint density at radius 3 is 1.56 bits per heavy atom. The molecule has 0 aliphatic heterocycles. The van der Waals surface area contributed by atoms with E-state index in [2.05, 4.69) is 240 Å². The molecule has 0 radical (unpaired) electrons. The topological polar surface area (TPSA) is 19.6 Å². The fraction of sp³-hybridized carbons (Fsp3) is 0.108. The third-order valence-corrected chi connectivity index (χ3v) is 15.7. The fourth-order valence-electron chi connectivity index (χ4n) is 13.0. The highest BCUT2D eigenvalue weighted by molar-refractivity contribution is 6.07. The summed E-state index contributed by atoms with van der Waals surface area (Å²) in [6.45, 7) is 0. The lowest BCUT2D eigenvalue weighted by atomic mass is 9.68. The third-order valence-electron chi connectivity index (χ3n) is 15.7. The van der Waals surface area contributed by atoms with Gasteiger partial charge in [0, 0.05) is 44.9 Å². The van der Waals surface area contributed by atoms with Crippen LogP contribution >= 0.6 is 0 Å². The molecule has 0 bridgehead atoms. The lowest BCUT2D eigenvalue weighted by molar-refractivity contribution is 0.350. The van der Waals surface area contributed by atoms with Crippen molar-refractivity contribution >= 4 is 66.8 Å². The number of para-hydroxylation sites is 3. The van der Waals surface area contributed by atoms with Gasteiger partial charge in [0.2, 0.25) is 0 Å². The minimum absolute atomic E-state index is 0.199. The van der Waals surface area contributed by atoms with Crippen molar-refractivity contribution in [1.82, 2.24) is 0 Å². The first kappa shape index (κ1) is 39.1. The first-order valence-corrected chi connectivity index (χ1v) is 24.3. The Balaban J connectivity index is 1.05. The van der Waals surface area contributed by atoms with E-state index in [0.29, 0.717) is 11.8 Å². The summed E-state index contributed by atoms with van der Waals surface area (Å²) in [5, 5.41) is 4.69. The van der Waals surface area contributed by atoms with Gasteiger partial charge in [-0.15, -0.1) is 0 Å². The molecule has 324 valence electrons. The zero-order chi connectivity index (χ0) is 44.8. The lowest BCUT2D eigenvalue weighted by Crippen LogP contribution is -2.34. The molecule has 1 fully saturated rings. The van der Waals surface area contributed by atoms with Crippen molar-refractivity contribution in [2.24, 2.45) is 11.8 Å². The molecule has 0 saturated heterocycles. The Hall–Kier alpha value is -8.14. The summed E-state index contributed by atoms with van der Waals surface area (Å²) in [6, 6.07) is 85.2. The normalized spacial score (nSPS) is 17.8. The molecular formula is C65H48N2O. The Morgan fingerprint density at radius 1 is 0.368 bits per heavy atom. The van der Waals surface area contributed by atoms with Gasteiger partial charge >= 0.3 is 0 Å². The van der Waals surface area contributed by atoms with Crippen LogP contribution in [0, 0.1) is 11.8 Å². The number of rotatable bonds is 8. The van der Waals surface area contributed by atoms with Crippen LogP contribution in [0.5, 0.6) is 0 Å². The summed E-state index contributed by atoms with van der Waals surface area (Å²) >= 11 is 0. The molecule has 3 atom stereocenters. The Kier molecular flexibility index (Phi) is 8.89. The van der Waals surface area contributed by atoms with Crippen molar-refractivity contribution < 1.29 is 4.42 Å². The molecule has 3 heteroatoms. The number of benzene rings is 10. The second-order valence-electron chi connectivity index (χ2n) is 19.2. The van der Waals surface area contributed by atoms with Gasteiger partial charge in [-0.05, 0) is 154 Å². The predicted molar refractivity (Wildman–Crippen MR) is 282 cm³/mol. The van der Waals surface area contributed by atoms with E-state index in [4.69, 9.17) is 4.42 Å². The number of furan rings is 1. The monoisotopic (exact) mass is 872 g/mol. The second kappa shape index (κ2) is 15.5. The molecule has 1 spiro atoms. The number of nitrogens with zero attached hydrogens (tertiary/aromatic N) is 2. The fourth-order valence-corrected chi connectivity index (χ4v) is 13.0. The average Bonchev–Trinajstić information content (AvgIpc) is 4.14. The average molecular weight is 873 g/mol. The number of fused-ring (bicyclic) bond motifs is 6. The summed E-state index contributed by atoms with van der Waals surface area (Å²) < 4.78 is 6.73. The van der Waals surface area contributed by atoms with Crippen molar-refractivity contribution in [2.75, 3.05) is 9.80 Å². The molecular weight excluding hydrogens is 825 g/mol. The third kappa shape index (κ3) is 5.91. The zero-order valence-electron chi connectivity index (χ0n) is 37.7. The first-order chi connectivity index (χ1) is 33.7. The van der Waals surface area contributed by atoms with E-state index in [1.54, 1.807) is 0 Å². The quantitative estimate of drug-likeness (QED) is 0.152. The van der Waals surface area contributed by atoms with Crippen LogP contribution < -0.4 is 9.80 Å². The van der Waals surface area contributed by atoms with E-state index in [1.165, 1.54) is 90.9 Å². The van der Waals surface area contributed by atoms with Crippen molar-refractivity contribution in [3.63, 3.8) is 0 Å². The molecule has 1 heterocycles. The van der Waals surface area contributed by atoms with Gasteiger partial charge in [-0.25, -0.2) is 0 Å². The van der Waals surface area contributed by atoms with Crippen molar-refractivity contribution in [3.8, 4) is 22.3 Å². The van der Waals surface area contributed by atoms with Gasteiger partial charge in [-0.1, -0.05) is 158 Å². The number of hydrogen-bond donors (Lipinski definition) is 0. The summed E-state index contributed by atoms with van der Waals surface area (Å²) in [6.07, 6.45) is 4.56. The first-order valence-electron chi connectivity index (χ1n) is 24.3. The predicted octanol–water partition coefficient (Wildman–Crippen LogP) is 17.4. The van der Waals surface area contributed by atoms with Gasteiger partial charge in [-0.2, -0.15) is 0 Å². The summed E-state index contributed by atoms with van der Waals surface area (Å²) in [4.78, 5) is 5.14. The van der Waals surface area contributed by atoms with Crippen LogP contribution in [0.25, 0.3) is 55.0 Å². The zero-order valence-corrected chi connectivity index (χ0v) is 37.7. The minimum atomic E-state index is -0.199. The lowest BCUT2D eigenvalue weighted by Gasteiger charge is -2.40. The summed E-state index contributed by atoms with van der Waals surface area (Å²) in [7, 11) is 0. The van der Waals surface area contributed by atoms with E-state index in [0.717, 1.165) is 46.2 Å². The second-order valence-corrected chi connectivity index (χ2v) is 19.2. The van der Waals surface area contributed by atoms with Crippen LogP contribution in [-0.2, 0) is 18.3 Å². The smallest absolute Gasteiger partial charge is 0.137 e. The molecule has 3 unspecified atom stereocenters. The molecule has 3 nitrogen and oxygen atoms in total. The molecule has 14 rings (SSSR count). The number of hydrogen-bond acceptors (Lipinski definition) is 3. The van der Waals surface area contributed by atoms with Gasteiger partial charge in [0.15, 0.2) is 0 Å². The van der Waals surface area contributed by atoms with Crippen LogP contribution in [-0.4, -0.2) is 0 Å². The van der Waals surface area contributed by atoms with Crippen molar-refractivity contribution in [3.05, 3.63) is 253 Å². The van der Waals surface area contributed by atoms with E-state index in [1.807, 2.05) is 0 Å². The highest BCUT2D eigenvalue weighted by Gasteiger charge is 2.62. The Morgan fingerprint density at radius 2 is 0.897 bits per heavy atom. The largest absolute Gasteiger partial charge is 0.456 e. The molecule has 3 aliphatic rings. The molecule has 0 N–H and O–H groups in total. The molecule has 1 aromatic heterocycles. The summed E-state index contributed by atoms with van der Waals surface area (Å²) in [5.41, 5.74) is 19.4. The molecule has 68 heavy (non-hydrogen) atoms. The standard InChI is InChI=1S/C65H48N2O/c1-4-16-43(17-5-1)44-30-32-45(33-31-44)57-40-46-18-10-11-19-47(46)41-60(57)67(54-36-37-56-55-26-12-13-29-61(55)68-62(56)42-54)59-28-15-21-49-39-51-35-34-50-38-48-20-14-27-58(63(48)65(50,51)64(49)59)66(52-22-6-2-7-23-52)53-24-8-3-9-25-53/h1-33,36-37,40-42,50-51H,34-35,38-39H2. The Bertz CT molecular complexity index is 3660. The van der Waals surface area contributed by atoms with Crippen molar-refractivity contribution in [1.29, 1.82) is 0 Å². The van der Waals surface area contributed by atoms with Crippen LogP contribution in [0.15, 0.2) is 235 Å². The van der Waals surface area contributed by atoms with Gasteiger partial charge in [0.25, 0.3) is 0 Å². The number of anilines is 6. The van der Waals surface area contributed by atoms with Crippen molar-refractivity contribution in [2.45, 2.75) is 31.1 Å². The van der Waals surface area contributed by atoms with E-state index < -0.39 is 0 Å². The Labute approximate surface area is 397 Å². The molecule has 10 aromatic carbocycles. The molecule has 1 saturated carbocycles. The van der Waals surface area contributed by atoms with Crippen LogP contribution in [0.2, 0.25) is 0 Å². The van der Waals surface area contributed by atoms with Gasteiger partial charge < -0.3 is 14.2 Å². The highest BCUT2D eigenvalue weighted by atomic mass is 16.3. The van der Waals surface area contributed by atoms with Gasteiger partial charge in [-0.3, -0.25) is 0 Å². The molecule has 11 aromatic rings. The van der Waals surface area contributed by atoms with Crippen LogP contribution in [0.3, 0.4) is 0 Å². The van der Waals surface area contributed by atoms with Crippen LogP contribution in [0.1, 0.15) is 35.1 Å². The SMILES string of the molecule is c1ccc(-c2ccc(-c3cc4ccccc4cc3N(c3ccc4c(c3)oc3ccccc34)c3cccc4c3C35c6c(cccc6N(c6ccccc6)c6ccccc6)CC3CCC5C4)cc2)cc1.